The molecule has 1 N–H and O–H groups in total. The summed E-state index contributed by atoms with van der Waals surface area (Å²) in [6.07, 6.45) is -11.5. The van der Waals surface area contributed by atoms with Crippen molar-refractivity contribution in [1.82, 2.24) is 0 Å². The first kappa shape index (κ1) is 16.4. The molecular weight excluding hydrogens is 310 g/mol. The van der Waals surface area contributed by atoms with E-state index in [-0.39, 0.29) is 11.6 Å². The molecular formula is C15H10F6O. The molecule has 0 aliphatic rings. The number of aliphatic hydroxyl groups is 1. The van der Waals surface area contributed by atoms with Crippen molar-refractivity contribution in [2.24, 2.45) is 0 Å². The molecule has 0 heterocycles. The van der Waals surface area contributed by atoms with Gasteiger partial charge in [-0.25, -0.2) is 0 Å². The molecule has 1 unspecified atom stereocenters. The average molecular weight is 320 g/mol. The Balaban J connectivity index is 2.56. The maximum Gasteiger partial charge on any atom is 0.416 e. The monoisotopic (exact) mass is 320 g/mol. The minimum atomic E-state index is -4.94. The molecule has 2 rings (SSSR count). The van der Waals surface area contributed by atoms with Gasteiger partial charge in [-0.1, -0.05) is 30.3 Å². The van der Waals surface area contributed by atoms with E-state index in [1.807, 2.05) is 0 Å². The molecule has 0 saturated heterocycles. The lowest BCUT2D eigenvalue weighted by Gasteiger charge is -2.17. The summed E-state index contributed by atoms with van der Waals surface area (Å²) in [6, 6.07) is 8.56. The Morgan fingerprint density at radius 1 is 0.682 bits per heavy atom. The highest BCUT2D eigenvalue weighted by Gasteiger charge is 2.37. The van der Waals surface area contributed by atoms with Crippen LogP contribution in [0.5, 0.6) is 0 Å². The Labute approximate surface area is 121 Å². The largest absolute Gasteiger partial charge is 0.416 e. The zero-order valence-corrected chi connectivity index (χ0v) is 10.9. The van der Waals surface area contributed by atoms with Crippen molar-refractivity contribution in [1.29, 1.82) is 0 Å². The molecule has 0 aliphatic heterocycles. The first-order valence-electron chi connectivity index (χ1n) is 6.11. The second-order valence-corrected chi connectivity index (χ2v) is 4.65. The molecule has 0 bridgehead atoms. The minimum Gasteiger partial charge on any atom is -0.384 e. The Morgan fingerprint density at radius 2 is 1.14 bits per heavy atom. The van der Waals surface area contributed by atoms with Crippen LogP contribution in [-0.2, 0) is 12.4 Å². The topological polar surface area (TPSA) is 20.2 Å². The van der Waals surface area contributed by atoms with E-state index in [2.05, 4.69) is 0 Å². The van der Waals surface area contributed by atoms with Crippen LogP contribution in [0.1, 0.15) is 28.4 Å². The number of rotatable bonds is 2. The lowest BCUT2D eigenvalue weighted by molar-refractivity contribution is -0.143. The fourth-order valence-corrected chi connectivity index (χ4v) is 1.96. The van der Waals surface area contributed by atoms with Gasteiger partial charge >= 0.3 is 12.4 Å². The Kier molecular flexibility index (Phi) is 4.19. The third-order valence-corrected chi connectivity index (χ3v) is 3.04. The second kappa shape index (κ2) is 5.64. The van der Waals surface area contributed by atoms with Crippen molar-refractivity contribution in [3.05, 3.63) is 70.8 Å². The molecule has 2 aromatic rings. The summed E-state index contributed by atoms with van der Waals surface area (Å²) < 4.78 is 76.5. The summed E-state index contributed by atoms with van der Waals surface area (Å²) >= 11 is 0. The van der Waals surface area contributed by atoms with Gasteiger partial charge in [-0.05, 0) is 29.3 Å². The van der Waals surface area contributed by atoms with Gasteiger partial charge in [0.05, 0.1) is 11.1 Å². The van der Waals surface area contributed by atoms with Crippen molar-refractivity contribution < 1.29 is 31.4 Å². The molecule has 0 spiro atoms. The van der Waals surface area contributed by atoms with Gasteiger partial charge in [0.15, 0.2) is 0 Å². The third kappa shape index (κ3) is 3.59. The number of hydrogen-bond acceptors (Lipinski definition) is 1. The summed E-state index contributed by atoms with van der Waals surface area (Å²) in [7, 11) is 0. The number of benzene rings is 2. The minimum absolute atomic E-state index is 0.0290. The summed E-state index contributed by atoms with van der Waals surface area (Å²) in [5.74, 6) is 0. The van der Waals surface area contributed by atoms with Crippen LogP contribution in [0, 0.1) is 0 Å². The van der Waals surface area contributed by atoms with E-state index in [9.17, 15) is 31.4 Å². The lowest BCUT2D eigenvalue weighted by atomic mass is 9.97. The SMILES string of the molecule is OC(c1ccccc1)c1cc(C(F)(F)F)cc(C(F)(F)F)c1. The predicted octanol–water partition coefficient (Wildman–Crippen LogP) is 4.81. The molecule has 2 aromatic carbocycles. The summed E-state index contributed by atoms with van der Waals surface area (Å²) in [5.41, 5.74) is -3.16. The first-order chi connectivity index (χ1) is 10.1. The fourth-order valence-electron chi connectivity index (χ4n) is 1.96. The Bertz CT molecular complexity index is 613. The van der Waals surface area contributed by atoms with Crippen LogP contribution < -0.4 is 0 Å². The standard InChI is InChI=1S/C15H10F6O/c16-14(17,18)11-6-10(7-12(8-11)15(19,20)21)13(22)9-4-2-1-3-5-9/h1-8,13,22H. The maximum absolute atomic E-state index is 12.8. The highest BCUT2D eigenvalue weighted by atomic mass is 19.4. The van der Waals surface area contributed by atoms with Crippen LogP contribution in [0.15, 0.2) is 48.5 Å². The van der Waals surface area contributed by atoms with E-state index in [1.54, 1.807) is 6.07 Å². The molecule has 0 aliphatic carbocycles. The highest BCUT2D eigenvalue weighted by Crippen LogP contribution is 2.38. The predicted molar refractivity (Wildman–Crippen MR) is 66.9 cm³/mol. The molecule has 0 amide bonds. The van der Waals surface area contributed by atoms with Gasteiger partial charge in [-0.3, -0.25) is 0 Å². The molecule has 7 heteroatoms. The molecule has 1 nitrogen and oxygen atoms in total. The number of alkyl halides is 6. The molecule has 0 fully saturated rings. The van der Waals surface area contributed by atoms with Crippen molar-refractivity contribution in [3.63, 3.8) is 0 Å². The van der Waals surface area contributed by atoms with Gasteiger partial charge in [0, 0.05) is 0 Å². The fraction of sp³-hybridized carbons (Fsp3) is 0.200. The van der Waals surface area contributed by atoms with E-state index in [4.69, 9.17) is 0 Å². The molecule has 1 atom stereocenters. The van der Waals surface area contributed by atoms with Crippen LogP contribution in [0.4, 0.5) is 26.3 Å². The van der Waals surface area contributed by atoms with Crippen LogP contribution in [0.2, 0.25) is 0 Å². The summed E-state index contributed by atoms with van der Waals surface area (Å²) in [6.45, 7) is 0. The van der Waals surface area contributed by atoms with Crippen LogP contribution in [-0.4, -0.2) is 5.11 Å². The van der Waals surface area contributed by atoms with E-state index in [1.165, 1.54) is 24.3 Å². The molecule has 0 aromatic heterocycles. The van der Waals surface area contributed by atoms with Gasteiger partial charge in [0.25, 0.3) is 0 Å². The van der Waals surface area contributed by atoms with E-state index >= 15 is 0 Å². The van der Waals surface area contributed by atoms with Crippen LogP contribution >= 0.6 is 0 Å². The summed E-state index contributed by atoms with van der Waals surface area (Å²) in [5, 5.41) is 10.0. The summed E-state index contributed by atoms with van der Waals surface area (Å²) in [4.78, 5) is 0. The smallest absolute Gasteiger partial charge is 0.384 e. The van der Waals surface area contributed by atoms with Crippen molar-refractivity contribution in [2.75, 3.05) is 0 Å². The molecule has 0 radical (unpaired) electrons. The number of halogens is 6. The van der Waals surface area contributed by atoms with Gasteiger partial charge in [-0.2, -0.15) is 26.3 Å². The van der Waals surface area contributed by atoms with Gasteiger partial charge in [0.2, 0.25) is 0 Å². The normalized spacial score (nSPS) is 14.0. The van der Waals surface area contributed by atoms with Crippen molar-refractivity contribution in [3.8, 4) is 0 Å². The van der Waals surface area contributed by atoms with Crippen molar-refractivity contribution in [2.45, 2.75) is 18.5 Å². The third-order valence-electron chi connectivity index (χ3n) is 3.04. The molecule has 118 valence electrons. The van der Waals surface area contributed by atoms with Crippen LogP contribution in [0.25, 0.3) is 0 Å². The van der Waals surface area contributed by atoms with E-state index in [0.29, 0.717) is 12.1 Å². The number of aliphatic hydroxyl groups excluding tert-OH is 1. The maximum atomic E-state index is 12.8. The zero-order chi connectivity index (χ0) is 16.5. The first-order valence-corrected chi connectivity index (χ1v) is 6.11. The Morgan fingerprint density at radius 3 is 1.55 bits per heavy atom. The van der Waals surface area contributed by atoms with Crippen LogP contribution in [0.3, 0.4) is 0 Å². The van der Waals surface area contributed by atoms with Gasteiger partial charge in [-0.15, -0.1) is 0 Å². The Hall–Kier alpha value is -2.02. The van der Waals surface area contributed by atoms with Gasteiger partial charge < -0.3 is 5.11 Å². The highest BCUT2D eigenvalue weighted by molar-refractivity contribution is 5.38. The van der Waals surface area contributed by atoms with Crippen molar-refractivity contribution >= 4 is 0 Å². The van der Waals surface area contributed by atoms with E-state index < -0.39 is 35.1 Å². The number of hydrogen-bond donors (Lipinski definition) is 1. The quantitative estimate of drug-likeness (QED) is 0.788. The average Bonchev–Trinajstić information content (AvgIpc) is 2.45. The second-order valence-electron chi connectivity index (χ2n) is 4.65. The molecule has 0 saturated carbocycles. The lowest BCUT2D eigenvalue weighted by Crippen LogP contribution is -2.13. The van der Waals surface area contributed by atoms with E-state index in [0.717, 1.165) is 0 Å². The van der Waals surface area contributed by atoms with Gasteiger partial charge in [0.1, 0.15) is 6.10 Å². The molecule has 22 heavy (non-hydrogen) atoms. The zero-order valence-electron chi connectivity index (χ0n) is 10.9.